The molecule has 2 saturated heterocycles. The first-order valence-corrected chi connectivity index (χ1v) is 15.9. The van der Waals surface area contributed by atoms with Gasteiger partial charge in [0.15, 0.2) is 0 Å². The third-order valence-electron chi connectivity index (χ3n) is 7.87. The molecule has 45 heavy (non-hydrogen) atoms. The minimum absolute atomic E-state index is 0.165. The molecule has 2 aliphatic rings. The van der Waals surface area contributed by atoms with Gasteiger partial charge in [0.1, 0.15) is 16.7 Å². The fourth-order valence-corrected chi connectivity index (χ4v) is 6.62. The van der Waals surface area contributed by atoms with Gasteiger partial charge in [0.25, 0.3) is 5.91 Å². The van der Waals surface area contributed by atoms with Gasteiger partial charge >= 0.3 is 5.97 Å². The van der Waals surface area contributed by atoms with Crippen LogP contribution in [0.5, 0.6) is 5.75 Å². The molecule has 1 amide bonds. The van der Waals surface area contributed by atoms with E-state index in [9.17, 15) is 9.59 Å². The van der Waals surface area contributed by atoms with Crippen LogP contribution in [0.4, 0.5) is 5.69 Å². The number of carbonyl (C=O) groups excluding carboxylic acids is 1. The zero-order valence-corrected chi connectivity index (χ0v) is 26.1. The Morgan fingerprint density at radius 1 is 1.04 bits per heavy atom. The summed E-state index contributed by atoms with van der Waals surface area (Å²) < 4.78 is 12.2. The molecular formula is C34H32N4O5S2. The molecule has 230 valence electrons. The Balaban J connectivity index is 1.25. The largest absolute Gasteiger partial charge is 0.492 e. The second-order valence-electron chi connectivity index (χ2n) is 10.8. The van der Waals surface area contributed by atoms with Crippen molar-refractivity contribution in [2.75, 3.05) is 51.7 Å². The number of carboxylic acid groups (broad SMARTS) is 1. The molecule has 0 saturated carbocycles. The molecule has 11 heteroatoms. The number of fused-ring (bicyclic) bond motifs is 1. The van der Waals surface area contributed by atoms with Crippen molar-refractivity contribution < 1.29 is 24.2 Å². The lowest BCUT2D eigenvalue weighted by Crippen LogP contribution is -2.38. The topological polar surface area (TPSA) is 118 Å². The van der Waals surface area contributed by atoms with Crippen LogP contribution in [0.15, 0.2) is 77.8 Å². The number of thioether (sulfide) groups is 1. The summed E-state index contributed by atoms with van der Waals surface area (Å²) in [5.41, 5.74) is 11.6. The highest BCUT2D eigenvalue weighted by Gasteiger charge is 2.32. The normalized spacial score (nSPS) is 16.5. The zero-order valence-electron chi connectivity index (χ0n) is 24.5. The van der Waals surface area contributed by atoms with E-state index in [-0.39, 0.29) is 11.5 Å². The van der Waals surface area contributed by atoms with E-state index in [0.29, 0.717) is 40.2 Å². The van der Waals surface area contributed by atoms with E-state index >= 15 is 0 Å². The molecule has 3 N–H and O–H groups in total. The molecule has 0 unspecified atom stereocenters. The number of rotatable bonds is 10. The number of carboxylic acids is 1. The molecule has 4 aromatic rings. The summed E-state index contributed by atoms with van der Waals surface area (Å²) in [7, 11) is 0. The number of ether oxygens (including phenoxy) is 2. The summed E-state index contributed by atoms with van der Waals surface area (Å²) in [4.78, 5) is 33.6. The number of thiocarbonyl (C=S) groups is 1. The van der Waals surface area contributed by atoms with Crippen molar-refractivity contribution in [3.05, 3.63) is 94.5 Å². The van der Waals surface area contributed by atoms with Crippen molar-refractivity contribution in [3.63, 3.8) is 0 Å². The first-order valence-electron chi connectivity index (χ1n) is 14.6. The van der Waals surface area contributed by atoms with E-state index in [2.05, 4.69) is 9.88 Å². The molecule has 3 aromatic carbocycles. The fourth-order valence-electron chi connectivity index (χ4n) is 5.32. The number of aromatic nitrogens is 1. The predicted octanol–water partition coefficient (Wildman–Crippen LogP) is 5.34. The highest BCUT2D eigenvalue weighted by Crippen LogP contribution is 2.36. The lowest BCUT2D eigenvalue weighted by Gasteiger charge is -2.26. The number of benzene rings is 3. The Morgan fingerprint density at radius 3 is 2.58 bits per heavy atom. The maximum atomic E-state index is 13.5. The van der Waals surface area contributed by atoms with Crippen molar-refractivity contribution in [1.82, 2.24) is 14.8 Å². The molecule has 2 aliphatic heterocycles. The van der Waals surface area contributed by atoms with Crippen molar-refractivity contribution in [2.45, 2.75) is 6.42 Å². The number of amides is 1. The molecular weight excluding hydrogens is 609 g/mol. The standard InChI is InChI=1S/C34H32N4O5S2/c35-28-9-11-36-29-7-5-25(20-27(28)29)24-6-8-30(43-18-15-37-13-16-42-17-14-37)26(19-24)21-31-32(39)38(34(44)45-31)12-10-22-1-3-23(4-2-22)33(40)41/h1-9,11,19-21H,10,12-18H2,(H2,35,36)(H,40,41). The van der Waals surface area contributed by atoms with Crippen molar-refractivity contribution in [3.8, 4) is 16.9 Å². The molecule has 0 bridgehead atoms. The Morgan fingerprint density at radius 2 is 1.80 bits per heavy atom. The second-order valence-corrected chi connectivity index (χ2v) is 12.4. The van der Waals surface area contributed by atoms with Crippen LogP contribution in [0.25, 0.3) is 28.1 Å². The molecule has 1 aromatic heterocycles. The molecule has 3 heterocycles. The van der Waals surface area contributed by atoms with Gasteiger partial charge in [0.05, 0.1) is 29.2 Å². The maximum absolute atomic E-state index is 13.5. The second kappa shape index (κ2) is 13.8. The highest BCUT2D eigenvalue weighted by molar-refractivity contribution is 8.26. The van der Waals surface area contributed by atoms with Gasteiger partial charge in [-0.15, -0.1) is 0 Å². The molecule has 0 atom stereocenters. The smallest absolute Gasteiger partial charge is 0.335 e. The van der Waals surface area contributed by atoms with Crippen LogP contribution in [0.1, 0.15) is 21.5 Å². The lowest BCUT2D eigenvalue weighted by molar-refractivity contribution is -0.122. The van der Waals surface area contributed by atoms with Crippen LogP contribution in [-0.4, -0.2) is 82.1 Å². The van der Waals surface area contributed by atoms with Crippen LogP contribution in [-0.2, 0) is 16.0 Å². The highest BCUT2D eigenvalue weighted by atomic mass is 32.2. The van der Waals surface area contributed by atoms with Gasteiger partial charge in [-0.05, 0) is 71.7 Å². The lowest BCUT2D eigenvalue weighted by atomic mass is 10.00. The van der Waals surface area contributed by atoms with Crippen molar-refractivity contribution in [2.24, 2.45) is 0 Å². The van der Waals surface area contributed by atoms with Gasteiger partial charge in [0.2, 0.25) is 0 Å². The van der Waals surface area contributed by atoms with Gasteiger partial charge in [-0.3, -0.25) is 19.6 Å². The first-order chi connectivity index (χ1) is 21.9. The minimum atomic E-state index is -0.973. The quantitative estimate of drug-likeness (QED) is 0.174. The number of pyridine rings is 1. The average Bonchev–Trinajstić information content (AvgIpc) is 3.32. The first kappa shape index (κ1) is 30.7. The zero-order chi connectivity index (χ0) is 31.3. The number of aromatic carboxylic acids is 1. The van der Waals surface area contributed by atoms with E-state index in [0.717, 1.165) is 66.0 Å². The Hall–Kier alpha value is -4.29. The van der Waals surface area contributed by atoms with Gasteiger partial charge in [-0.2, -0.15) is 0 Å². The van der Waals surface area contributed by atoms with Crippen molar-refractivity contribution >= 4 is 62.8 Å². The summed E-state index contributed by atoms with van der Waals surface area (Å²) in [6.45, 7) is 4.87. The minimum Gasteiger partial charge on any atom is -0.492 e. The molecule has 0 radical (unpaired) electrons. The summed E-state index contributed by atoms with van der Waals surface area (Å²) in [6.07, 6.45) is 4.10. The van der Waals surface area contributed by atoms with Crippen LogP contribution < -0.4 is 10.5 Å². The Labute approximate surface area is 270 Å². The van der Waals surface area contributed by atoms with Crippen LogP contribution >= 0.6 is 24.0 Å². The maximum Gasteiger partial charge on any atom is 0.335 e. The van der Waals surface area contributed by atoms with Crippen LogP contribution in [0.3, 0.4) is 0 Å². The number of nitrogens with two attached hydrogens (primary N) is 1. The molecule has 0 aliphatic carbocycles. The van der Waals surface area contributed by atoms with Gasteiger partial charge in [-0.1, -0.05) is 48.2 Å². The van der Waals surface area contributed by atoms with Crippen molar-refractivity contribution in [1.29, 1.82) is 0 Å². The summed E-state index contributed by atoms with van der Waals surface area (Å²) >= 11 is 6.87. The Kier molecular flexibility index (Phi) is 9.41. The summed E-state index contributed by atoms with van der Waals surface area (Å²) in [6, 6.07) is 20.4. The summed E-state index contributed by atoms with van der Waals surface area (Å²) in [5, 5.41) is 10.0. The van der Waals surface area contributed by atoms with E-state index < -0.39 is 5.97 Å². The predicted molar refractivity (Wildman–Crippen MR) is 181 cm³/mol. The van der Waals surface area contributed by atoms with Gasteiger partial charge in [0, 0.05) is 49.0 Å². The van der Waals surface area contributed by atoms with E-state index in [1.54, 1.807) is 41.4 Å². The SMILES string of the molecule is Nc1ccnc2ccc(-c3ccc(OCCN4CCOCC4)c(C=C4SC(=S)N(CCc5ccc(C(=O)O)cc5)C4=O)c3)cc12. The number of carbonyl (C=O) groups is 2. The van der Waals surface area contributed by atoms with E-state index in [1.165, 1.54) is 11.8 Å². The molecule has 2 fully saturated rings. The third-order valence-corrected chi connectivity index (χ3v) is 9.25. The average molecular weight is 641 g/mol. The number of nitrogen functional groups attached to an aromatic ring is 1. The van der Waals surface area contributed by atoms with Gasteiger partial charge < -0.3 is 20.3 Å². The van der Waals surface area contributed by atoms with E-state index in [4.69, 9.17) is 32.5 Å². The molecule has 0 spiro atoms. The molecule has 9 nitrogen and oxygen atoms in total. The number of hydrogen-bond donors (Lipinski definition) is 2. The van der Waals surface area contributed by atoms with Crippen LogP contribution in [0.2, 0.25) is 0 Å². The van der Waals surface area contributed by atoms with Gasteiger partial charge in [-0.25, -0.2) is 4.79 Å². The number of hydrogen-bond acceptors (Lipinski definition) is 9. The number of anilines is 1. The third kappa shape index (κ3) is 7.18. The summed E-state index contributed by atoms with van der Waals surface area (Å²) in [5.74, 6) is -0.460. The molecule has 6 rings (SSSR count). The van der Waals surface area contributed by atoms with Crippen LogP contribution in [0, 0.1) is 0 Å². The monoisotopic (exact) mass is 640 g/mol. The number of morpholine rings is 1. The fraction of sp³-hybridized carbons (Fsp3) is 0.235. The Bertz CT molecular complexity index is 1790. The number of nitrogens with zero attached hydrogens (tertiary/aromatic N) is 3. The van der Waals surface area contributed by atoms with E-state index in [1.807, 2.05) is 42.5 Å².